The second-order valence-electron chi connectivity index (χ2n) is 7.84. The first kappa shape index (κ1) is 21.7. The highest BCUT2D eigenvalue weighted by molar-refractivity contribution is 7.14. The maximum atomic E-state index is 12.4. The van der Waals surface area contributed by atoms with Gasteiger partial charge in [-0.3, -0.25) is 9.69 Å². The number of thiazole rings is 1. The number of carbonyl (C=O) groups is 1. The number of carbonyl (C=O) groups excluding carboxylic acids is 1. The monoisotopic (exact) mass is 470 g/mol. The third kappa shape index (κ3) is 4.13. The summed E-state index contributed by atoms with van der Waals surface area (Å²) in [4.78, 5) is 27.4. The van der Waals surface area contributed by atoms with Crippen LogP contribution < -0.4 is 9.64 Å². The lowest BCUT2D eigenvalue weighted by molar-refractivity contribution is -0.115. The highest BCUT2D eigenvalue weighted by Gasteiger charge is 2.19. The second-order valence-corrected chi connectivity index (χ2v) is 8.68. The fourth-order valence-corrected chi connectivity index (χ4v) is 4.47. The van der Waals surface area contributed by atoms with Crippen molar-refractivity contribution < 1.29 is 9.53 Å². The van der Waals surface area contributed by atoms with Crippen molar-refractivity contribution in [2.75, 3.05) is 4.90 Å². The number of aromatic nitrogens is 5. The fourth-order valence-electron chi connectivity index (χ4n) is 3.59. The topological polar surface area (TPSA) is 86.0 Å². The van der Waals surface area contributed by atoms with Gasteiger partial charge in [0.2, 0.25) is 11.8 Å². The van der Waals surface area contributed by atoms with Crippen molar-refractivity contribution in [2.45, 2.75) is 27.4 Å². The summed E-state index contributed by atoms with van der Waals surface area (Å²) in [6.07, 6.45) is 3.16. The summed E-state index contributed by atoms with van der Waals surface area (Å²) in [6.45, 7) is 5.82. The van der Waals surface area contributed by atoms with Gasteiger partial charge in [-0.2, -0.15) is 5.10 Å². The summed E-state index contributed by atoms with van der Waals surface area (Å²) < 4.78 is 7.73. The second kappa shape index (κ2) is 9.03. The molecule has 0 saturated heterocycles. The lowest BCUT2D eigenvalue weighted by Gasteiger charge is -2.19. The van der Waals surface area contributed by atoms with Gasteiger partial charge in [0.05, 0.1) is 23.3 Å². The molecule has 0 radical (unpaired) electrons. The van der Waals surface area contributed by atoms with Crippen LogP contribution in [0.5, 0.6) is 5.88 Å². The van der Waals surface area contributed by atoms with Crippen molar-refractivity contribution in [3.8, 4) is 11.6 Å². The number of ether oxygens (including phenoxy) is 1. The Hall–Kier alpha value is -4.11. The number of hydrogen-bond donors (Lipinski definition) is 0. The first-order valence-corrected chi connectivity index (χ1v) is 11.6. The van der Waals surface area contributed by atoms with Crippen molar-refractivity contribution >= 4 is 39.1 Å². The molecule has 0 aliphatic carbocycles. The Morgan fingerprint density at radius 1 is 1.09 bits per heavy atom. The fraction of sp³-hybridized carbons (Fsp3) is 0.160. The maximum Gasteiger partial charge on any atom is 0.230 e. The Morgan fingerprint density at radius 2 is 1.91 bits per heavy atom. The van der Waals surface area contributed by atoms with Crippen molar-refractivity contribution in [1.82, 2.24) is 24.7 Å². The molecule has 5 aromatic rings. The summed E-state index contributed by atoms with van der Waals surface area (Å²) in [6, 6.07) is 15.7. The van der Waals surface area contributed by atoms with E-state index in [4.69, 9.17) is 4.74 Å². The van der Waals surface area contributed by atoms with Gasteiger partial charge in [0.1, 0.15) is 18.3 Å². The summed E-state index contributed by atoms with van der Waals surface area (Å²) in [7, 11) is 0. The minimum atomic E-state index is -0.101. The van der Waals surface area contributed by atoms with Gasteiger partial charge in [0.25, 0.3) is 0 Å². The van der Waals surface area contributed by atoms with Crippen molar-refractivity contribution in [2.24, 2.45) is 0 Å². The number of aryl methyl sites for hydroxylation is 2. The van der Waals surface area contributed by atoms with E-state index in [1.165, 1.54) is 30.2 Å². The van der Waals surface area contributed by atoms with Crippen LogP contribution in [0, 0.1) is 13.8 Å². The molecule has 3 heterocycles. The standard InChI is InChI=1S/C25H22N6O2S/c1-16-9-10-21(11-17(16)2)30(18(3)32)25-29-19(14-34-25)13-33-24-22-12-28-31(23(22)26-15-27-24)20-7-5-4-6-8-20/h4-12,14-15H,13H2,1-3H3. The molecule has 34 heavy (non-hydrogen) atoms. The van der Waals surface area contributed by atoms with E-state index in [2.05, 4.69) is 20.1 Å². The van der Waals surface area contributed by atoms with E-state index in [9.17, 15) is 4.79 Å². The molecular weight excluding hydrogens is 448 g/mol. The highest BCUT2D eigenvalue weighted by atomic mass is 32.1. The minimum absolute atomic E-state index is 0.101. The van der Waals surface area contributed by atoms with Gasteiger partial charge in [-0.1, -0.05) is 24.3 Å². The molecule has 0 atom stereocenters. The molecule has 8 nitrogen and oxygen atoms in total. The van der Waals surface area contributed by atoms with E-state index in [0.29, 0.717) is 27.7 Å². The zero-order chi connectivity index (χ0) is 23.7. The zero-order valence-electron chi connectivity index (χ0n) is 19.0. The van der Waals surface area contributed by atoms with Crippen molar-refractivity contribution in [3.05, 3.63) is 83.3 Å². The minimum Gasteiger partial charge on any atom is -0.471 e. The van der Waals surface area contributed by atoms with Crippen molar-refractivity contribution in [1.29, 1.82) is 0 Å². The normalized spacial score (nSPS) is 11.0. The molecule has 0 N–H and O–H groups in total. The third-order valence-electron chi connectivity index (χ3n) is 5.48. The zero-order valence-corrected chi connectivity index (χ0v) is 19.8. The van der Waals surface area contributed by atoms with E-state index < -0.39 is 0 Å². The number of para-hydroxylation sites is 1. The molecule has 0 unspecified atom stereocenters. The molecule has 3 aromatic heterocycles. The molecule has 0 aliphatic rings. The highest BCUT2D eigenvalue weighted by Crippen LogP contribution is 2.31. The number of nitrogens with zero attached hydrogens (tertiary/aromatic N) is 6. The SMILES string of the molecule is CC(=O)N(c1ccc(C)c(C)c1)c1nc(COc2ncnc3c2cnn3-c2ccccc2)cs1. The number of hydrogen-bond acceptors (Lipinski definition) is 7. The lowest BCUT2D eigenvalue weighted by atomic mass is 10.1. The summed E-state index contributed by atoms with van der Waals surface area (Å²) in [5, 5.41) is 7.65. The molecule has 0 bridgehead atoms. The molecule has 0 aliphatic heterocycles. The Morgan fingerprint density at radius 3 is 2.68 bits per heavy atom. The number of fused-ring (bicyclic) bond motifs is 1. The van der Waals surface area contributed by atoms with Gasteiger partial charge in [0, 0.05) is 12.3 Å². The van der Waals surface area contributed by atoms with Gasteiger partial charge in [-0.05, 0) is 49.2 Å². The lowest BCUT2D eigenvalue weighted by Crippen LogP contribution is -2.22. The first-order chi connectivity index (χ1) is 16.5. The number of rotatable bonds is 6. The third-order valence-corrected chi connectivity index (χ3v) is 6.36. The average Bonchev–Trinajstić information content (AvgIpc) is 3.48. The predicted octanol–water partition coefficient (Wildman–Crippen LogP) is 5.15. The number of amides is 1. The van der Waals surface area contributed by atoms with Crippen LogP contribution in [-0.2, 0) is 11.4 Å². The van der Waals surface area contributed by atoms with Gasteiger partial charge < -0.3 is 4.74 Å². The van der Waals surface area contributed by atoms with Crippen LogP contribution in [0.15, 0.2) is 66.4 Å². The van der Waals surface area contributed by atoms with Gasteiger partial charge in [-0.25, -0.2) is 19.6 Å². The van der Waals surface area contributed by atoms with Crippen LogP contribution in [0.2, 0.25) is 0 Å². The van der Waals surface area contributed by atoms with E-state index in [-0.39, 0.29) is 12.5 Å². The number of anilines is 2. The average molecular weight is 471 g/mol. The molecule has 5 rings (SSSR count). The smallest absolute Gasteiger partial charge is 0.230 e. The van der Waals surface area contributed by atoms with Gasteiger partial charge in [-0.15, -0.1) is 11.3 Å². The first-order valence-electron chi connectivity index (χ1n) is 10.7. The quantitative estimate of drug-likeness (QED) is 0.341. The Labute approximate surface area is 200 Å². The van der Waals surface area contributed by atoms with Crippen LogP contribution in [0.1, 0.15) is 23.7 Å². The Bertz CT molecular complexity index is 1480. The Balaban J connectivity index is 1.38. The van der Waals surface area contributed by atoms with Crippen LogP contribution in [0.3, 0.4) is 0 Å². The van der Waals surface area contributed by atoms with E-state index in [1.807, 2.05) is 67.8 Å². The van der Waals surface area contributed by atoms with Crippen LogP contribution >= 0.6 is 11.3 Å². The van der Waals surface area contributed by atoms with E-state index in [0.717, 1.165) is 16.9 Å². The largest absolute Gasteiger partial charge is 0.471 e. The summed E-state index contributed by atoms with van der Waals surface area (Å²) in [5.74, 6) is 0.329. The molecule has 0 spiro atoms. The van der Waals surface area contributed by atoms with Gasteiger partial charge >= 0.3 is 0 Å². The molecule has 1 amide bonds. The summed E-state index contributed by atoms with van der Waals surface area (Å²) in [5.41, 5.74) is 5.36. The van der Waals surface area contributed by atoms with E-state index in [1.54, 1.807) is 15.8 Å². The molecule has 170 valence electrons. The van der Waals surface area contributed by atoms with Crippen LogP contribution in [-0.4, -0.2) is 30.6 Å². The molecule has 2 aromatic carbocycles. The van der Waals surface area contributed by atoms with Crippen molar-refractivity contribution in [3.63, 3.8) is 0 Å². The molecule has 0 saturated carbocycles. The summed E-state index contributed by atoms with van der Waals surface area (Å²) >= 11 is 1.40. The van der Waals surface area contributed by atoms with Crippen LogP contribution in [0.25, 0.3) is 16.7 Å². The van der Waals surface area contributed by atoms with Gasteiger partial charge in [0.15, 0.2) is 10.8 Å². The molecular formula is C25H22N6O2S. The molecule has 9 heteroatoms. The predicted molar refractivity (Wildman–Crippen MR) is 132 cm³/mol. The number of benzene rings is 2. The maximum absolute atomic E-state index is 12.4. The molecule has 0 fully saturated rings. The van der Waals surface area contributed by atoms with Crippen LogP contribution in [0.4, 0.5) is 10.8 Å². The Kier molecular flexibility index (Phi) is 5.77. The van der Waals surface area contributed by atoms with E-state index >= 15 is 0 Å².